The molecule has 144 valence electrons. The molecule has 0 saturated carbocycles. The number of benzene rings is 1. The fourth-order valence-electron chi connectivity index (χ4n) is 3.63. The van der Waals surface area contributed by atoms with E-state index in [2.05, 4.69) is 4.72 Å². The van der Waals surface area contributed by atoms with Gasteiger partial charge in [-0.2, -0.15) is 0 Å². The molecule has 0 bridgehead atoms. The molecule has 0 radical (unpaired) electrons. The topological polar surface area (TPSA) is 75.7 Å². The zero-order valence-electron chi connectivity index (χ0n) is 15.9. The van der Waals surface area contributed by atoms with Gasteiger partial charge in [-0.05, 0) is 36.6 Å². The van der Waals surface area contributed by atoms with Crippen LogP contribution in [0.4, 0.5) is 5.69 Å². The van der Waals surface area contributed by atoms with E-state index in [9.17, 15) is 13.2 Å². The number of fused-ring (bicyclic) bond motifs is 1. The SMILES string of the molecule is CC(C)C(=O)N1CC(C)(C)c2cc(S(=O)(=O)NC[C@@H]3CCCO3)ccc21. The van der Waals surface area contributed by atoms with Crippen LogP contribution in [0.25, 0.3) is 0 Å². The van der Waals surface area contributed by atoms with E-state index in [-0.39, 0.29) is 28.2 Å². The van der Waals surface area contributed by atoms with Gasteiger partial charge in [-0.15, -0.1) is 0 Å². The van der Waals surface area contributed by atoms with Crippen molar-refractivity contribution < 1.29 is 17.9 Å². The first-order valence-electron chi connectivity index (χ1n) is 9.19. The molecular formula is C19H28N2O4S. The van der Waals surface area contributed by atoms with Gasteiger partial charge in [0, 0.05) is 36.7 Å². The van der Waals surface area contributed by atoms with Crippen molar-refractivity contribution in [3.8, 4) is 0 Å². The molecule has 0 aromatic heterocycles. The minimum Gasteiger partial charge on any atom is -0.377 e. The van der Waals surface area contributed by atoms with Gasteiger partial charge in [0.2, 0.25) is 15.9 Å². The van der Waals surface area contributed by atoms with E-state index in [0.717, 1.165) is 24.1 Å². The third-order valence-corrected chi connectivity index (χ3v) is 6.56. The van der Waals surface area contributed by atoms with E-state index in [0.29, 0.717) is 19.7 Å². The minimum absolute atomic E-state index is 0.0465. The maximum atomic E-state index is 12.7. The van der Waals surface area contributed by atoms with Gasteiger partial charge in [0.05, 0.1) is 11.0 Å². The quantitative estimate of drug-likeness (QED) is 0.851. The molecule has 1 saturated heterocycles. The second-order valence-electron chi connectivity index (χ2n) is 8.13. The number of sulfonamides is 1. The van der Waals surface area contributed by atoms with Crippen LogP contribution in [0.1, 0.15) is 46.1 Å². The molecule has 3 rings (SSSR count). The van der Waals surface area contributed by atoms with Gasteiger partial charge in [0.15, 0.2) is 0 Å². The summed E-state index contributed by atoms with van der Waals surface area (Å²) in [6.45, 7) is 9.37. The number of ether oxygens (including phenoxy) is 1. The van der Waals surface area contributed by atoms with E-state index in [1.54, 1.807) is 23.1 Å². The highest BCUT2D eigenvalue weighted by Gasteiger charge is 2.39. The molecule has 0 aliphatic carbocycles. The normalized spacial score (nSPS) is 22.0. The molecule has 6 nitrogen and oxygen atoms in total. The molecule has 7 heteroatoms. The maximum absolute atomic E-state index is 12.7. The highest BCUT2D eigenvalue weighted by Crippen LogP contribution is 2.42. The Kier molecular flexibility index (Phi) is 5.16. The molecule has 2 aliphatic rings. The van der Waals surface area contributed by atoms with Crippen molar-refractivity contribution in [2.24, 2.45) is 5.92 Å². The first kappa shape index (κ1) is 19.3. The molecule has 0 unspecified atom stereocenters. The molecule has 1 amide bonds. The highest BCUT2D eigenvalue weighted by atomic mass is 32.2. The van der Waals surface area contributed by atoms with E-state index >= 15 is 0 Å². The van der Waals surface area contributed by atoms with E-state index < -0.39 is 10.0 Å². The van der Waals surface area contributed by atoms with Gasteiger partial charge in [-0.25, -0.2) is 13.1 Å². The standard InChI is InChI=1S/C19H28N2O4S/c1-13(2)18(22)21-12-19(3,4)16-10-15(7-8-17(16)21)26(23,24)20-11-14-6-5-9-25-14/h7-8,10,13-14,20H,5-6,9,11-12H2,1-4H3/t14-/m0/s1. The lowest BCUT2D eigenvalue weighted by Gasteiger charge is -2.22. The molecular weight excluding hydrogens is 352 g/mol. The minimum atomic E-state index is -3.61. The van der Waals surface area contributed by atoms with Gasteiger partial charge >= 0.3 is 0 Å². The van der Waals surface area contributed by atoms with Crippen LogP contribution in [0.3, 0.4) is 0 Å². The van der Waals surface area contributed by atoms with Gasteiger partial charge in [-0.3, -0.25) is 4.79 Å². The number of amides is 1. The Hall–Kier alpha value is -1.44. The van der Waals surface area contributed by atoms with Crippen LogP contribution < -0.4 is 9.62 Å². The van der Waals surface area contributed by atoms with Crippen LogP contribution in [-0.4, -0.2) is 40.1 Å². The van der Waals surface area contributed by atoms with Crippen molar-refractivity contribution in [2.75, 3.05) is 24.6 Å². The van der Waals surface area contributed by atoms with Crippen LogP contribution in [0.5, 0.6) is 0 Å². The molecule has 2 heterocycles. The predicted octanol–water partition coefficient (Wildman–Crippen LogP) is 2.42. The number of anilines is 1. The number of hydrogen-bond donors (Lipinski definition) is 1. The molecule has 1 N–H and O–H groups in total. The second-order valence-corrected chi connectivity index (χ2v) is 9.90. The van der Waals surface area contributed by atoms with Crippen molar-refractivity contribution in [2.45, 2.75) is 57.0 Å². The number of nitrogens with zero attached hydrogens (tertiary/aromatic N) is 1. The van der Waals surface area contributed by atoms with Gasteiger partial charge in [0.25, 0.3) is 0 Å². The molecule has 1 aromatic carbocycles. The fourth-order valence-corrected chi connectivity index (χ4v) is 4.72. The van der Waals surface area contributed by atoms with Crippen molar-refractivity contribution >= 4 is 21.6 Å². The first-order chi connectivity index (χ1) is 12.1. The van der Waals surface area contributed by atoms with Crippen LogP contribution in [0.15, 0.2) is 23.1 Å². The third kappa shape index (κ3) is 3.66. The third-order valence-electron chi connectivity index (χ3n) is 5.14. The average Bonchev–Trinajstić information content (AvgIpc) is 3.18. The number of rotatable bonds is 5. The molecule has 1 fully saturated rings. The number of carbonyl (C=O) groups is 1. The summed E-state index contributed by atoms with van der Waals surface area (Å²) in [5.74, 6) is -0.0443. The summed E-state index contributed by atoms with van der Waals surface area (Å²) < 4.78 is 33.5. The lowest BCUT2D eigenvalue weighted by atomic mass is 9.87. The summed E-state index contributed by atoms with van der Waals surface area (Å²) in [7, 11) is -3.61. The Bertz CT molecular complexity index is 796. The Labute approximate surface area is 156 Å². The van der Waals surface area contributed by atoms with Crippen LogP contribution >= 0.6 is 0 Å². The summed E-state index contributed by atoms with van der Waals surface area (Å²) in [6.07, 6.45) is 1.81. The Morgan fingerprint density at radius 3 is 2.73 bits per heavy atom. The lowest BCUT2D eigenvalue weighted by Crippen LogP contribution is -2.36. The van der Waals surface area contributed by atoms with E-state index in [1.807, 2.05) is 27.7 Å². The molecule has 1 aromatic rings. The van der Waals surface area contributed by atoms with Crippen molar-refractivity contribution in [1.82, 2.24) is 4.72 Å². The van der Waals surface area contributed by atoms with Crippen molar-refractivity contribution in [3.05, 3.63) is 23.8 Å². The molecule has 2 aliphatic heterocycles. The van der Waals surface area contributed by atoms with E-state index in [4.69, 9.17) is 4.74 Å². The summed E-state index contributed by atoms with van der Waals surface area (Å²) in [5.41, 5.74) is 1.42. The summed E-state index contributed by atoms with van der Waals surface area (Å²) in [4.78, 5) is 14.5. The molecule has 1 atom stereocenters. The van der Waals surface area contributed by atoms with Gasteiger partial charge < -0.3 is 9.64 Å². The average molecular weight is 381 g/mol. The van der Waals surface area contributed by atoms with Gasteiger partial charge in [-0.1, -0.05) is 27.7 Å². The zero-order valence-corrected chi connectivity index (χ0v) is 16.7. The summed E-state index contributed by atoms with van der Waals surface area (Å²) in [5, 5.41) is 0. The summed E-state index contributed by atoms with van der Waals surface area (Å²) in [6, 6.07) is 5.05. The smallest absolute Gasteiger partial charge is 0.240 e. The number of nitrogens with one attached hydrogen (secondary N) is 1. The van der Waals surface area contributed by atoms with Gasteiger partial charge in [0.1, 0.15) is 0 Å². The second kappa shape index (κ2) is 6.94. The Morgan fingerprint density at radius 2 is 2.12 bits per heavy atom. The maximum Gasteiger partial charge on any atom is 0.240 e. The Morgan fingerprint density at radius 1 is 1.38 bits per heavy atom. The summed E-state index contributed by atoms with van der Waals surface area (Å²) >= 11 is 0. The number of carbonyl (C=O) groups excluding carboxylic acids is 1. The number of hydrogen-bond acceptors (Lipinski definition) is 4. The fraction of sp³-hybridized carbons (Fsp3) is 0.632. The first-order valence-corrected chi connectivity index (χ1v) is 10.7. The predicted molar refractivity (Wildman–Crippen MR) is 101 cm³/mol. The van der Waals surface area contributed by atoms with Crippen LogP contribution in [0.2, 0.25) is 0 Å². The molecule has 26 heavy (non-hydrogen) atoms. The largest absolute Gasteiger partial charge is 0.377 e. The van der Waals surface area contributed by atoms with E-state index in [1.165, 1.54) is 0 Å². The van der Waals surface area contributed by atoms with Crippen molar-refractivity contribution in [3.63, 3.8) is 0 Å². The molecule has 0 spiro atoms. The zero-order chi connectivity index (χ0) is 19.1. The lowest BCUT2D eigenvalue weighted by molar-refractivity contribution is -0.121. The Balaban J connectivity index is 1.86. The highest BCUT2D eigenvalue weighted by molar-refractivity contribution is 7.89. The van der Waals surface area contributed by atoms with Crippen molar-refractivity contribution in [1.29, 1.82) is 0 Å². The van der Waals surface area contributed by atoms with Crippen LogP contribution in [-0.2, 0) is 25.0 Å². The van der Waals surface area contributed by atoms with Crippen LogP contribution in [0, 0.1) is 5.92 Å². The monoisotopic (exact) mass is 380 g/mol.